The van der Waals surface area contributed by atoms with Gasteiger partial charge >= 0.3 is 0 Å². The number of anilines is 1. The Kier molecular flexibility index (Phi) is 3.58. The van der Waals surface area contributed by atoms with E-state index in [4.69, 9.17) is 0 Å². The highest BCUT2D eigenvalue weighted by molar-refractivity contribution is 6.44. The van der Waals surface area contributed by atoms with E-state index in [1.807, 2.05) is 49.5 Å². The number of H-pyrrole nitrogens is 1. The third-order valence-electron chi connectivity index (χ3n) is 6.25. The molecule has 2 atom stereocenters. The lowest BCUT2D eigenvalue weighted by molar-refractivity contribution is -0.127. The number of ketones is 1. The van der Waals surface area contributed by atoms with Gasteiger partial charge in [-0.2, -0.15) is 0 Å². The maximum Gasteiger partial charge on any atom is 0.292 e. The topological polar surface area (TPSA) is 94.3 Å². The first-order valence-corrected chi connectivity index (χ1v) is 9.47. The fourth-order valence-electron chi connectivity index (χ4n) is 4.88. The number of aromatic nitrogens is 1. The summed E-state index contributed by atoms with van der Waals surface area (Å²) in [5, 5.41) is 6.56. The van der Waals surface area contributed by atoms with E-state index in [1.165, 1.54) is 7.05 Å². The fraction of sp³-hybridized carbons (Fsp3) is 0.227. The Morgan fingerprint density at radius 2 is 1.90 bits per heavy atom. The molecular weight excluding hydrogens is 368 g/mol. The van der Waals surface area contributed by atoms with Crippen LogP contribution in [0.5, 0.6) is 0 Å². The summed E-state index contributed by atoms with van der Waals surface area (Å²) < 4.78 is 0. The lowest BCUT2D eigenvalue weighted by atomic mass is 9.72. The smallest absolute Gasteiger partial charge is 0.292 e. The van der Waals surface area contributed by atoms with Crippen molar-refractivity contribution in [1.29, 1.82) is 0 Å². The number of Topliss-reactive ketones (excluding diaryl/α,β-unsaturated/α-hetero) is 1. The number of aromatic amines is 1. The van der Waals surface area contributed by atoms with Crippen LogP contribution in [-0.2, 0) is 15.0 Å². The third-order valence-corrected chi connectivity index (χ3v) is 6.25. The molecule has 5 rings (SSSR count). The van der Waals surface area contributed by atoms with Crippen molar-refractivity contribution in [2.24, 2.45) is 0 Å². The van der Waals surface area contributed by atoms with Crippen LogP contribution in [0.25, 0.3) is 10.9 Å². The zero-order valence-electron chi connectivity index (χ0n) is 16.1. The number of rotatable bonds is 3. The van der Waals surface area contributed by atoms with E-state index in [-0.39, 0.29) is 12.1 Å². The summed E-state index contributed by atoms with van der Waals surface area (Å²) in [6.45, 7) is 0. The van der Waals surface area contributed by atoms with Gasteiger partial charge in [0.2, 0.25) is 5.91 Å². The van der Waals surface area contributed by atoms with Gasteiger partial charge in [-0.15, -0.1) is 0 Å². The predicted octanol–water partition coefficient (Wildman–Crippen LogP) is 2.00. The molecule has 3 N–H and O–H groups in total. The van der Waals surface area contributed by atoms with Gasteiger partial charge in [0.1, 0.15) is 6.17 Å². The van der Waals surface area contributed by atoms with Crippen LogP contribution in [0, 0.1) is 0 Å². The number of carbonyl (C=O) groups excluding carboxylic acids is 3. The number of benzene rings is 2. The molecule has 0 radical (unpaired) electrons. The largest absolute Gasteiger partial charge is 0.364 e. The number of amides is 2. The van der Waals surface area contributed by atoms with Crippen LogP contribution >= 0.6 is 0 Å². The molecule has 1 saturated heterocycles. The molecule has 29 heavy (non-hydrogen) atoms. The van der Waals surface area contributed by atoms with Crippen LogP contribution < -0.4 is 10.6 Å². The van der Waals surface area contributed by atoms with Gasteiger partial charge in [0.15, 0.2) is 0 Å². The van der Waals surface area contributed by atoms with Gasteiger partial charge in [0, 0.05) is 37.8 Å². The number of nitrogens with zero attached hydrogens (tertiary/aromatic N) is 1. The number of fused-ring (bicyclic) bond motifs is 4. The van der Waals surface area contributed by atoms with Crippen molar-refractivity contribution in [3.8, 4) is 0 Å². The predicted molar refractivity (Wildman–Crippen MR) is 109 cm³/mol. The van der Waals surface area contributed by atoms with Gasteiger partial charge in [-0.3, -0.25) is 14.4 Å². The standard InChI is InChI=1S/C22H20N4O3/c1-23-20(29)19(28)13-11-24-18-12(13)6-5-8-15(18)22-10-17(27)26(2)21(22)25-16-9-4-3-7-14(16)22/h3-9,11,21,24-25H,10H2,1-2H3,(H,23,29)/t21-,22-/m1/s1. The summed E-state index contributed by atoms with van der Waals surface area (Å²) >= 11 is 0. The van der Waals surface area contributed by atoms with Crippen LogP contribution in [0.1, 0.15) is 27.9 Å². The van der Waals surface area contributed by atoms with Gasteiger partial charge in [-0.25, -0.2) is 0 Å². The minimum atomic E-state index is -0.656. The molecule has 7 heteroatoms. The first kappa shape index (κ1) is 17.5. The third kappa shape index (κ3) is 2.15. The molecule has 2 aromatic carbocycles. The summed E-state index contributed by atoms with van der Waals surface area (Å²) in [6.07, 6.45) is 1.68. The van der Waals surface area contributed by atoms with Gasteiger partial charge < -0.3 is 20.5 Å². The number of para-hydroxylation sites is 2. The summed E-state index contributed by atoms with van der Waals surface area (Å²) in [6, 6.07) is 13.7. The molecule has 2 amide bonds. The number of carbonyl (C=O) groups is 3. The molecule has 7 nitrogen and oxygen atoms in total. The highest BCUT2D eigenvalue weighted by Crippen LogP contribution is 2.54. The molecule has 1 aromatic heterocycles. The molecule has 0 spiro atoms. The lowest BCUT2D eigenvalue weighted by Gasteiger charge is -2.31. The first-order valence-electron chi connectivity index (χ1n) is 9.47. The number of likely N-dealkylation sites (N-methyl/N-ethyl adjacent to an activating group) is 2. The van der Waals surface area contributed by atoms with E-state index in [0.29, 0.717) is 17.4 Å². The minimum absolute atomic E-state index is 0.0576. The molecule has 2 aliphatic rings. The average Bonchev–Trinajstić information content (AvgIpc) is 3.38. The number of nitrogens with one attached hydrogen (secondary N) is 3. The fourth-order valence-corrected chi connectivity index (χ4v) is 4.88. The van der Waals surface area contributed by atoms with E-state index >= 15 is 0 Å². The molecule has 0 bridgehead atoms. The zero-order valence-corrected chi connectivity index (χ0v) is 16.1. The number of likely N-dealkylation sites (tertiary alicyclic amines) is 1. The quantitative estimate of drug-likeness (QED) is 0.473. The van der Waals surface area contributed by atoms with Gasteiger partial charge in [-0.1, -0.05) is 36.4 Å². The molecule has 3 heterocycles. The Balaban J connectivity index is 1.77. The molecule has 2 aliphatic heterocycles. The van der Waals surface area contributed by atoms with Crippen molar-refractivity contribution in [1.82, 2.24) is 15.2 Å². The second-order valence-electron chi connectivity index (χ2n) is 7.58. The van der Waals surface area contributed by atoms with Crippen LogP contribution in [0.4, 0.5) is 5.69 Å². The molecule has 0 saturated carbocycles. The molecule has 0 unspecified atom stereocenters. The Bertz CT molecular complexity index is 1200. The minimum Gasteiger partial charge on any atom is -0.364 e. The van der Waals surface area contributed by atoms with Gasteiger partial charge in [-0.05, 0) is 17.2 Å². The van der Waals surface area contributed by atoms with Crippen molar-refractivity contribution in [3.63, 3.8) is 0 Å². The van der Waals surface area contributed by atoms with Crippen molar-refractivity contribution in [2.45, 2.75) is 18.0 Å². The monoisotopic (exact) mass is 388 g/mol. The molecule has 1 fully saturated rings. The van der Waals surface area contributed by atoms with E-state index in [1.54, 1.807) is 11.1 Å². The molecular formula is C22H20N4O3. The van der Waals surface area contributed by atoms with Crippen LogP contribution in [0.3, 0.4) is 0 Å². The average molecular weight is 388 g/mol. The van der Waals surface area contributed by atoms with Gasteiger partial charge in [0.05, 0.1) is 16.5 Å². The van der Waals surface area contributed by atoms with E-state index in [0.717, 1.165) is 22.3 Å². The first-order chi connectivity index (χ1) is 14.0. The summed E-state index contributed by atoms with van der Waals surface area (Å²) in [5.41, 5.74) is 3.51. The number of hydrogen-bond donors (Lipinski definition) is 3. The highest BCUT2D eigenvalue weighted by atomic mass is 16.2. The Labute approximate surface area is 167 Å². The summed E-state index contributed by atoms with van der Waals surface area (Å²) in [5.74, 6) is -1.19. The van der Waals surface area contributed by atoms with E-state index in [2.05, 4.69) is 15.6 Å². The maximum atomic E-state index is 12.7. The molecule has 3 aromatic rings. The normalized spacial score (nSPS) is 22.3. The maximum absolute atomic E-state index is 12.7. The van der Waals surface area contributed by atoms with Crippen molar-refractivity contribution >= 4 is 34.2 Å². The van der Waals surface area contributed by atoms with E-state index in [9.17, 15) is 14.4 Å². The Hall–Kier alpha value is -3.61. The highest BCUT2D eigenvalue weighted by Gasteiger charge is 2.57. The van der Waals surface area contributed by atoms with Gasteiger partial charge in [0.25, 0.3) is 11.7 Å². The van der Waals surface area contributed by atoms with Crippen molar-refractivity contribution < 1.29 is 14.4 Å². The zero-order chi connectivity index (χ0) is 20.3. The second-order valence-corrected chi connectivity index (χ2v) is 7.58. The molecule has 146 valence electrons. The van der Waals surface area contributed by atoms with E-state index < -0.39 is 17.1 Å². The lowest BCUT2D eigenvalue weighted by Crippen LogP contribution is -2.43. The summed E-state index contributed by atoms with van der Waals surface area (Å²) in [7, 11) is 3.24. The second kappa shape index (κ2) is 5.94. The number of hydrogen-bond acceptors (Lipinski definition) is 4. The van der Waals surface area contributed by atoms with Crippen LogP contribution in [-0.4, -0.2) is 47.7 Å². The van der Waals surface area contributed by atoms with Crippen molar-refractivity contribution in [3.05, 3.63) is 65.4 Å². The van der Waals surface area contributed by atoms with Crippen LogP contribution in [0.15, 0.2) is 48.7 Å². The Morgan fingerprint density at radius 3 is 2.69 bits per heavy atom. The van der Waals surface area contributed by atoms with Crippen molar-refractivity contribution in [2.75, 3.05) is 19.4 Å². The molecule has 0 aliphatic carbocycles. The SMILES string of the molecule is CNC(=O)C(=O)c1c[nH]c2c([C@]34CC(=O)N(C)[C@H]3Nc3ccccc34)cccc12. The Morgan fingerprint density at radius 1 is 1.14 bits per heavy atom. The summed E-state index contributed by atoms with van der Waals surface area (Å²) in [4.78, 5) is 42.1. The van der Waals surface area contributed by atoms with Crippen LogP contribution in [0.2, 0.25) is 0 Å².